The molecular weight excluding hydrogens is 301 g/mol. The number of carbonyl (C=O) groups excluding carboxylic acids is 1. The second-order valence-corrected chi connectivity index (χ2v) is 6.01. The molecule has 114 valence electrons. The molecule has 1 aliphatic rings. The van der Waals surface area contributed by atoms with Crippen LogP contribution in [-0.2, 0) is 11.2 Å². The van der Waals surface area contributed by atoms with Crippen LogP contribution in [0.25, 0.3) is 0 Å². The van der Waals surface area contributed by atoms with E-state index in [1.54, 1.807) is 29.2 Å². The molecule has 1 aliphatic heterocycles. The van der Waals surface area contributed by atoms with E-state index in [1.165, 1.54) is 6.07 Å². The van der Waals surface area contributed by atoms with Gasteiger partial charge in [-0.3, -0.25) is 4.79 Å². The van der Waals surface area contributed by atoms with Crippen LogP contribution in [-0.4, -0.2) is 17.4 Å². The molecular formula is C18H17ClFNO. The Bertz CT molecular complexity index is 688. The molecule has 1 fully saturated rings. The Morgan fingerprint density at radius 1 is 1.23 bits per heavy atom. The molecule has 1 saturated heterocycles. The van der Waals surface area contributed by atoms with E-state index in [9.17, 15) is 9.18 Å². The second kappa shape index (κ2) is 6.49. The van der Waals surface area contributed by atoms with Crippen LogP contribution in [0.3, 0.4) is 0 Å². The van der Waals surface area contributed by atoms with Gasteiger partial charge in [-0.25, -0.2) is 4.39 Å². The number of nitrogens with zero attached hydrogens (tertiary/aromatic N) is 1. The molecule has 22 heavy (non-hydrogen) atoms. The quantitative estimate of drug-likeness (QED) is 0.822. The molecule has 2 nitrogen and oxygen atoms in total. The van der Waals surface area contributed by atoms with Gasteiger partial charge in [0.2, 0.25) is 5.91 Å². The molecule has 0 spiro atoms. The highest BCUT2D eigenvalue weighted by molar-refractivity contribution is 6.30. The third-order valence-corrected chi connectivity index (χ3v) is 4.32. The van der Waals surface area contributed by atoms with Gasteiger partial charge in [0.1, 0.15) is 5.82 Å². The fourth-order valence-corrected chi connectivity index (χ4v) is 3.27. The summed E-state index contributed by atoms with van der Waals surface area (Å²) >= 11 is 5.96. The lowest BCUT2D eigenvalue weighted by atomic mass is 10.0. The molecule has 0 aromatic heterocycles. The van der Waals surface area contributed by atoms with Gasteiger partial charge in [-0.15, -0.1) is 0 Å². The Kier molecular flexibility index (Phi) is 4.44. The van der Waals surface area contributed by atoms with Crippen molar-refractivity contribution in [1.82, 2.24) is 4.90 Å². The molecule has 1 heterocycles. The van der Waals surface area contributed by atoms with E-state index in [0.29, 0.717) is 23.6 Å². The van der Waals surface area contributed by atoms with E-state index in [4.69, 9.17) is 11.6 Å². The van der Waals surface area contributed by atoms with Crippen molar-refractivity contribution in [2.75, 3.05) is 6.54 Å². The van der Waals surface area contributed by atoms with Gasteiger partial charge in [-0.2, -0.15) is 0 Å². The minimum atomic E-state index is -0.241. The standard InChI is InChI=1S/C18H17ClFNO/c19-14-6-3-5-13(11-14)12-18(22)21-10-4-9-17(21)15-7-1-2-8-16(15)20/h1-3,5-8,11,17H,4,9-10,12H2. The molecule has 4 heteroatoms. The van der Waals surface area contributed by atoms with Crippen LogP contribution in [0.4, 0.5) is 4.39 Å². The van der Waals surface area contributed by atoms with Gasteiger partial charge >= 0.3 is 0 Å². The largest absolute Gasteiger partial charge is 0.335 e. The second-order valence-electron chi connectivity index (χ2n) is 5.57. The number of amides is 1. The van der Waals surface area contributed by atoms with E-state index in [1.807, 2.05) is 18.2 Å². The maximum atomic E-state index is 14.0. The number of benzene rings is 2. The average molecular weight is 318 g/mol. The third-order valence-electron chi connectivity index (χ3n) is 4.08. The van der Waals surface area contributed by atoms with Crippen LogP contribution in [0, 0.1) is 5.82 Å². The minimum absolute atomic E-state index is 0.0213. The monoisotopic (exact) mass is 317 g/mol. The predicted octanol–water partition coefficient (Wildman–Crippen LogP) is 4.39. The predicted molar refractivity (Wildman–Crippen MR) is 85.2 cm³/mol. The summed E-state index contributed by atoms with van der Waals surface area (Å²) in [4.78, 5) is 14.4. The summed E-state index contributed by atoms with van der Waals surface area (Å²) in [6, 6.07) is 13.9. The Morgan fingerprint density at radius 3 is 2.82 bits per heavy atom. The summed E-state index contributed by atoms with van der Waals surface area (Å²) in [6.45, 7) is 0.679. The molecule has 2 aromatic rings. The van der Waals surface area contributed by atoms with Gasteiger partial charge in [0, 0.05) is 17.1 Å². The first-order valence-corrected chi connectivity index (χ1v) is 7.81. The highest BCUT2D eigenvalue weighted by Gasteiger charge is 2.31. The van der Waals surface area contributed by atoms with Crippen molar-refractivity contribution in [3.8, 4) is 0 Å². The topological polar surface area (TPSA) is 20.3 Å². The van der Waals surface area contributed by atoms with Crippen molar-refractivity contribution in [2.24, 2.45) is 0 Å². The molecule has 1 amide bonds. The zero-order valence-electron chi connectivity index (χ0n) is 12.1. The minimum Gasteiger partial charge on any atom is -0.335 e. The summed E-state index contributed by atoms with van der Waals surface area (Å²) < 4.78 is 14.0. The summed E-state index contributed by atoms with van der Waals surface area (Å²) in [5.74, 6) is -0.219. The first-order chi connectivity index (χ1) is 10.6. The lowest BCUT2D eigenvalue weighted by molar-refractivity contribution is -0.131. The molecule has 1 unspecified atom stereocenters. The zero-order valence-corrected chi connectivity index (χ0v) is 12.9. The van der Waals surface area contributed by atoms with E-state index < -0.39 is 0 Å². The summed E-state index contributed by atoms with van der Waals surface area (Å²) in [7, 11) is 0. The van der Waals surface area contributed by atoms with Crippen molar-refractivity contribution >= 4 is 17.5 Å². The van der Waals surface area contributed by atoms with Gasteiger partial charge < -0.3 is 4.90 Å². The molecule has 1 atom stereocenters. The number of hydrogen-bond donors (Lipinski definition) is 0. The third kappa shape index (κ3) is 3.14. The fourth-order valence-electron chi connectivity index (χ4n) is 3.06. The Labute approximate surface area is 134 Å². The summed E-state index contributed by atoms with van der Waals surface area (Å²) in [6.07, 6.45) is 2.01. The van der Waals surface area contributed by atoms with Crippen molar-refractivity contribution in [2.45, 2.75) is 25.3 Å². The first-order valence-electron chi connectivity index (χ1n) is 7.43. The van der Waals surface area contributed by atoms with Crippen LogP contribution in [0.1, 0.15) is 30.0 Å². The average Bonchev–Trinajstić information content (AvgIpc) is 2.97. The van der Waals surface area contributed by atoms with Gasteiger partial charge in [0.25, 0.3) is 0 Å². The smallest absolute Gasteiger partial charge is 0.227 e. The SMILES string of the molecule is O=C(Cc1cccc(Cl)c1)N1CCCC1c1ccccc1F. The number of likely N-dealkylation sites (tertiary alicyclic amines) is 1. The van der Waals surface area contributed by atoms with Crippen LogP contribution in [0.5, 0.6) is 0 Å². The number of hydrogen-bond acceptors (Lipinski definition) is 1. The van der Waals surface area contributed by atoms with Crippen LogP contribution in [0.15, 0.2) is 48.5 Å². The fraction of sp³-hybridized carbons (Fsp3) is 0.278. The van der Waals surface area contributed by atoms with E-state index in [0.717, 1.165) is 18.4 Å². The van der Waals surface area contributed by atoms with Crippen molar-refractivity contribution in [1.29, 1.82) is 0 Å². The van der Waals surface area contributed by atoms with Gasteiger partial charge in [-0.1, -0.05) is 41.9 Å². The lowest BCUT2D eigenvalue weighted by Crippen LogP contribution is -2.32. The van der Waals surface area contributed by atoms with Crippen LogP contribution < -0.4 is 0 Å². The van der Waals surface area contributed by atoms with E-state index >= 15 is 0 Å². The summed E-state index contributed by atoms with van der Waals surface area (Å²) in [5, 5.41) is 0.623. The molecule has 0 radical (unpaired) electrons. The van der Waals surface area contributed by atoms with Crippen LogP contribution in [0.2, 0.25) is 5.02 Å². The highest BCUT2D eigenvalue weighted by Crippen LogP contribution is 2.33. The van der Waals surface area contributed by atoms with Crippen molar-refractivity contribution in [3.63, 3.8) is 0 Å². The maximum absolute atomic E-state index is 14.0. The number of rotatable bonds is 3. The first kappa shape index (κ1) is 15.0. The van der Waals surface area contributed by atoms with Crippen molar-refractivity contribution < 1.29 is 9.18 Å². The van der Waals surface area contributed by atoms with Gasteiger partial charge in [0.15, 0.2) is 0 Å². The van der Waals surface area contributed by atoms with Crippen molar-refractivity contribution in [3.05, 3.63) is 70.5 Å². The van der Waals surface area contributed by atoms with Gasteiger partial charge in [0.05, 0.1) is 12.5 Å². The van der Waals surface area contributed by atoms with Crippen LogP contribution >= 0.6 is 11.6 Å². The van der Waals surface area contributed by atoms with Gasteiger partial charge in [-0.05, 0) is 36.6 Å². The normalized spacial score (nSPS) is 17.7. The lowest BCUT2D eigenvalue weighted by Gasteiger charge is -2.25. The Balaban J connectivity index is 1.78. The zero-order chi connectivity index (χ0) is 15.5. The van der Waals surface area contributed by atoms with E-state index in [2.05, 4.69) is 0 Å². The molecule has 0 N–H and O–H groups in total. The number of halogens is 2. The Morgan fingerprint density at radius 2 is 2.05 bits per heavy atom. The Hall–Kier alpha value is -1.87. The maximum Gasteiger partial charge on any atom is 0.227 e. The molecule has 0 bridgehead atoms. The molecule has 3 rings (SSSR count). The summed E-state index contributed by atoms with van der Waals surface area (Å²) in [5.41, 5.74) is 1.50. The molecule has 0 saturated carbocycles. The molecule has 0 aliphatic carbocycles. The van der Waals surface area contributed by atoms with E-state index in [-0.39, 0.29) is 17.8 Å². The number of carbonyl (C=O) groups is 1. The highest BCUT2D eigenvalue weighted by atomic mass is 35.5. The molecule has 2 aromatic carbocycles.